The highest BCUT2D eigenvalue weighted by Crippen LogP contribution is 1.97. The van der Waals surface area contributed by atoms with Gasteiger partial charge in [-0.2, -0.15) is 0 Å². The van der Waals surface area contributed by atoms with Gasteiger partial charge in [0, 0.05) is 0 Å². The highest BCUT2D eigenvalue weighted by molar-refractivity contribution is 5.72. The molecule has 3 atom stereocenters. The fraction of sp³-hybridized carbons (Fsp3) is 0.917. The molecule has 0 saturated carbocycles. The van der Waals surface area contributed by atoms with Crippen molar-refractivity contribution in [2.75, 3.05) is 19.8 Å². The number of carbonyl (C=O) groups is 1. The molecular weight excluding hydrogens is 224 g/mol. The van der Waals surface area contributed by atoms with Gasteiger partial charge in [-0.1, -0.05) is 0 Å². The van der Waals surface area contributed by atoms with Crippen LogP contribution in [0.5, 0.6) is 0 Å². The van der Waals surface area contributed by atoms with Crippen molar-refractivity contribution in [3.63, 3.8) is 0 Å². The van der Waals surface area contributed by atoms with E-state index in [9.17, 15) is 4.79 Å². The fourth-order valence-electron chi connectivity index (χ4n) is 0.704. The summed E-state index contributed by atoms with van der Waals surface area (Å²) in [6, 6.07) is 0. The van der Waals surface area contributed by atoms with Crippen LogP contribution in [0.25, 0.3) is 0 Å². The molecule has 0 spiro atoms. The highest BCUT2D eigenvalue weighted by Gasteiger charge is 2.06. The van der Waals surface area contributed by atoms with Crippen LogP contribution >= 0.6 is 0 Å². The molecule has 0 radical (unpaired) electrons. The molecule has 0 bridgehead atoms. The zero-order chi connectivity index (χ0) is 13.8. The Kier molecular flexibility index (Phi) is 13.3. The molecule has 0 rings (SSSR count). The Balaban J connectivity index is 0. The minimum absolute atomic E-state index is 0.0170. The van der Waals surface area contributed by atoms with E-state index in [2.05, 4.69) is 0 Å². The monoisotopic (exact) mass is 250 g/mol. The second-order valence-corrected chi connectivity index (χ2v) is 4.23. The highest BCUT2D eigenvalue weighted by atomic mass is 16.5. The zero-order valence-corrected chi connectivity index (χ0v) is 11.5. The third-order valence-corrected chi connectivity index (χ3v) is 1.49. The summed E-state index contributed by atoms with van der Waals surface area (Å²) in [5.74, 6) is 0.167. The van der Waals surface area contributed by atoms with Crippen LogP contribution in [0.15, 0.2) is 0 Å². The molecule has 17 heavy (non-hydrogen) atoms. The number of carbonyl (C=O) groups excluding carboxylic acids is 1. The Morgan fingerprint density at radius 1 is 1.06 bits per heavy atom. The molecule has 0 aliphatic heterocycles. The summed E-state index contributed by atoms with van der Waals surface area (Å²) in [5.41, 5.74) is 0. The van der Waals surface area contributed by atoms with Gasteiger partial charge >= 0.3 is 0 Å². The zero-order valence-electron chi connectivity index (χ0n) is 11.5. The lowest BCUT2D eigenvalue weighted by molar-refractivity contribution is -0.114. The van der Waals surface area contributed by atoms with Crippen molar-refractivity contribution in [2.45, 2.75) is 52.9 Å². The smallest absolute Gasteiger partial charge is 0.126 e. The summed E-state index contributed by atoms with van der Waals surface area (Å²) in [4.78, 5) is 9.44. The number of aliphatic hydroxyl groups excluding tert-OH is 2. The molecule has 0 aliphatic rings. The topological polar surface area (TPSA) is 76.0 Å². The minimum Gasteiger partial charge on any atom is -0.394 e. The van der Waals surface area contributed by atoms with Crippen LogP contribution < -0.4 is 0 Å². The largest absolute Gasteiger partial charge is 0.394 e. The number of aliphatic hydroxyl groups is 2. The van der Waals surface area contributed by atoms with Crippen LogP contribution in [0.3, 0.4) is 0 Å². The average molecular weight is 250 g/mol. The molecule has 5 nitrogen and oxygen atoms in total. The Bertz CT molecular complexity index is 178. The molecule has 0 aromatic carbocycles. The fourth-order valence-corrected chi connectivity index (χ4v) is 0.704. The summed E-state index contributed by atoms with van der Waals surface area (Å²) >= 11 is 0. The van der Waals surface area contributed by atoms with Crippen molar-refractivity contribution in [1.29, 1.82) is 0 Å². The molecular formula is C12H26O5. The van der Waals surface area contributed by atoms with Crippen LogP contribution in [-0.4, -0.2) is 54.1 Å². The maximum atomic E-state index is 9.44. The minimum atomic E-state index is -0.447. The number of rotatable bonds is 7. The third-order valence-electron chi connectivity index (χ3n) is 1.49. The first kappa shape index (κ1) is 18.9. The van der Waals surface area contributed by atoms with Gasteiger partial charge in [0.1, 0.15) is 5.78 Å². The van der Waals surface area contributed by atoms with Gasteiger partial charge in [0.25, 0.3) is 0 Å². The van der Waals surface area contributed by atoms with Crippen LogP contribution in [0.4, 0.5) is 0 Å². The van der Waals surface area contributed by atoms with E-state index in [1.807, 2.05) is 6.92 Å². The summed E-state index contributed by atoms with van der Waals surface area (Å²) in [5, 5.41) is 17.6. The van der Waals surface area contributed by atoms with E-state index in [1.165, 1.54) is 13.8 Å². The van der Waals surface area contributed by atoms with E-state index < -0.39 is 6.10 Å². The predicted molar refractivity (Wildman–Crippen MR) is 65.9 cm³/mol. The van der Waals surface area contributed by atoms with Gasteiger partial charge in [-0.15, -0.1) is 0 Å². The molecule has 0 aliphatic carbocycles. The Labute approximate surface area is 104 Å². The maximum Gasteiger partial charge on any atom is 0.126 e. The van der Waals surface area contributed by atoms with Gasteiger partial charge in [0.15, 0.2) is 0 Å². The molecule has 2 N–H and O–H groups in total. The van der Waals surface area contributed by atoms with Crippen LogP contribution in [0.2, 0.25) is 0 Å². The second kappa shape index (κ2) is 12.0. The number of hydrogen-bond acceptors (Lipinski definition) is 5. The Morgan fingerprint density at radius 2 is 1.47 bits per heavy atom. The summed E-state index contributed by atoms with van der Waals surface area (Å²) < 4.78 is 10.5. The summed E-state index contributed by atoms with van der Waals surface area (Å²) in [6.07, 6.45) is -0.654. The van der Waals surface area contributed by atoms with E-state index in [4.69, 9.17) is 19.7 Å². The van der Waals surface area contributed by atoms with Gasteiger partial charge < -0.3 is 24.5 Å². The van der Waals surface area contributed by atoms with E-state index in [-0.39, 0.29) is 24.6 Å². The molecule has 0 fully saturated rings. The predicted octanol–water partition coefficient (Wildman–Crippen LogP) is 0.765. The van der Waals surface area contributed by atoms with Crippen molar-refractivity contribution in [2.24, 2.45) is 0 Å². The van der Waals surface area contributed by atoms with Crippen LogP contribution in [0.1, 0.15) is 34.6 Å². The van der Waals surface area contributed by atoms with Crippen LogP contribution in [-0.2, 0) is 14.3 Å². The first-order valence-electron chi connectivity index (χ1n) is 5.78. The van der Waals surface area contributed by atoms with Crippen molar-refractivity contribution >= 4 is 5.78 Å². The van der Waals surface area contributed by atoms with E-state index in [0.29, 0.717) is 13.2 Å². The van der Waals surface area contributed by atoms with E-state index >= 15 is 0 Å². The van der Waals surface area contributed by atoms with Crippen molar-refractivity contribution in [3.05, 3.63) is 0 Å². The van der Waals surface area contributed by atoms with Gasteiger partial charge in [-0.05, 0) is 34.6 Å². The molecule has 3 unspecified atom stereocenters. The molecule has 5 heteroatoms. The third kappa shape index (κ3) is 21.4. The Hall–Kier alpha value is -0.490. The van der Waals surface area contributed by atoms with Gasteiger partial charge in [-0.3, -0.25) is 0 Å². The molecule has 104 valence electrons. The quantitative estimate of drug-likeness (QED) is 0.698. The van der Waals surface area contributed by atoms with Crippen molar-refractivity contribution in [3.8, 4) is 0 Å². The van der Waals surface area contributed by atoms with Crippen molar-refractivity contribution in [1.82, 2.24) is 0 Å². The number of ketones is 1. The molecule has 0 heterocycles. The van der Waals surface area contributed by atoms with Gasteiger partial charge in [-0.25, -0.2) is 0 Å². The van der Waals surface area contributed by atoms with E-state index in [0.717, 1.165) is 0 Å². The van der Waals surface area contributed by atoms with Crippen molar-refractivity contribution < 1.29 is 24.5 Å². The first-order chi connectivity index (χ1) is 7.79. The number of hydrogen-bond donors (Lipinski definition) is 2. The second-order valence-electron chi connectivity index (χ2n) is 4.23. The first-order valence-corrected chi connectivity index (χ1v) is 5.78. The number of ether oxygens (including phenoxy) is 2. The normalized spacial score (nSPS) is 15.5. The Morgan fingerprint density at radius 3 is 1.82 bits per heavy atom. The average Bonchev–Trinajstić information content (AvgIpc) is 2.22. The van der Waals surface area contributed by atoms with Crippen LogP contribution in [0, 0.1) is 0 Å². The summed E-state index contributed by atoms with van der Waals surface area (Å²) in [6.45, 7) is 9.16. The maximum absolute atomic E-state index is 9.44. The summed E-state index contributed by atoms with van der Waals surface area (Å²) in [7, 11) is 0. The molecule has 0 aromatic rings. The molecule has 0 aromatic heterocycles. The molecule has 0 amide bonds. The SMILES string of the molecule is CC(C)=O.CC(O)COC(C)COC(C)CO. The lowest BCUT2D eigenvalue weighted by atomic mass is 10.4. The van der Waals surface area contributed by atoms with Gasteiger partial charge in [0.05, 0.1) is 38.1 Å². The number of Topliss-reactive ketones (excluding diaryl/α,β-unsaturated/α-hetero) is 1. The van der Waals surface area contributed by atoms with Gasteiger partial charge in [0.2, 0.25) is 0 Å². The molecule has 0 saturated heterocycles. The lowest BCUT2D eigenvalue weighted by Gasteiger charge is -2.16. The lowest BCUT2D eigenvalue weighted by Crippen LogP contribution is -2.24. The van der Waals surface area contributed by atoms with E-state index in [1.54, 1.807) is 13.8 Å². The standard InChI is InChI=1S/C9H20O4.C3H6O/c1-7(11)5-12-9(3)6-13-8(2)4-10;1-3(2)4/h7-11H,4-6H2,1-3H3;1-2H3.